The van der Waals surface area contributed by atoms with Crippen LogP contribution in [-0.2, 0) is 25.7 Å². The molecule has 3 atom stereocenters. The van der Waals surface area contributed by atoms with E-state index in [-0.39, 0.29) is 25.6 Å². The summed E-state index contributed by atoms with van der Waals surface area (Å²) in [4.78, 5) is 37.5. The Labute approximate surface area is 222 Å². The van der Waals surface area contributed by atoms with Crippen molar-refractivity contribution in [1.29, 1.82) is 0 Å². The summed E-state index contributed by atoms with van der Waals surface area (Å²) in [6.07, 6.45) is -1.36. The van der Waals surface area contributed by atoms with Crippen molar-refractivity contribution in [3.8, 4) is 11.1 Å². The molecule has 4 rings (SSSR count). The second-order valence-electron chi connectivity index (χ2n) is 9.26. The summed E-state index contributed by atoms with van der Waals surface area (Å²) in [6, 6.07) is 23.2. The average Bonchev–Trinajstić information content (AvgIpc) is 3.26. The zero-order chi connectivity index (χ0) is 27.1. The summed E-state index contributed by atoms with van der Waals surface area (Å²) in [7, 11) is 0. The number of carbonyl (C=O) groups excluding carboxylic acids is 2. The molecule has 0 radical (unpaired) electrons. The summed E-state index contributed by atoms with van der Waals surface area (Å²) in [6.45, 7) is 3.61. The van der Waals surface area contributed by atoms with Gasteiger partial charge >= 0.3 is 12.1 Å². The first-order valence-electron chi connectivity index (χ1n) is 12.7. The summed E-state index contributed by atoms with van der Waals surface area (Å²) >= 11 is 0. The van der Waals surface area contributed by atoms with E-state index < -0.39 is 36.2 Å². The van der Waals surface area contributed by atoms with Crippen LogP contribution in [0, 0.1) is 0 Å². The van der Waals surface area contributed by atoms with E-state index in [9.17, 15) is 19.5 Å². The molecule has 8 nitrogen and oxygen atoms in total. The Balaban J connectivity index is 1.45. The molecule has 0 aliphatic heterocycles. The molecular weight excluding hydrogens is 484 g/mol. The molecule has 0 spiro atoms. The van der Waals surface area contributed by atoms with Crippen molar-refractivity contribution in [3.63, 3.8) is 0 Å². The number of carboxylic acid groups (broad SMARTS) is 1. The molecule has 2 unspecified atom stereocenters. The number of nitrogens with one attached hydrogen (secondary N) is 2. The zero-order valence-electron chi connectivity index (χ0n) is 21.4. The van der Waals surface area contributed by atoms with Crippen molar-refractivity contribution in [2.75, 3.05) is 6.61 Å². The fourth-order valence-electron chi connectivity index (χ4n) is 4.66. The van der Waals surface area contributed by atoms with E-state index >= 15 is 0 Å². The number of carboxylic acids is 1. The van der Waals surface area contributed by atoms with Gasteiger partial charge in [-0.3, -0.25) is 4.79 Å². The highest BCUT2D eigenvalue weighted by Gasteiger charge is 2.33. The minimum absolute atomic E-state index is 0.0835. The molecule has 3 N–H and O–H groups in total. The van der Waals surface area contributed by atoms with Crippen LogP contribution in [0.4, 0.5) is 4.79 Å². The quantitative estimate of drug-likeness (QED) is 0.346. The Bertz CT molecular complexity index is 1230. The smallest absolute Gasteiger partial charge is 0.407 e. The third kappa shape index (κ3) is 6.20. The highest BCUT2D eigenvalue weighted by molar-refractivity contribution is 5.89. The lowest BCUT2D eigenvalue weighted by molar-refractivity contribution is -0.142. The lowest BCUT2D eigenvalue weighted by Gasteiger charge is -2.26. The lowest BCUT2D eigenvalue weighted by Crippen LogP contribution is -2.56. The van der Waals surface area contributed by atoms with Gasteiger partial charge in [0.05, 0.1) is 12.7 Å². The van der Waals surface area contributed by atoms with E-state index in [1.807, 2.05) is 78.9 Å². The highest BCUT2D eigenvalue weighted by Crippen LogP contribution is 2.44. The molecule has 1 aliphatic rings. The molecule has 3 aromatic rings. The molecule has 0 fully saturated rings. The third-order valence-corrected chi connectivity index (χ3v) is 6.75. The van der Waals surface area contributed by atoms with Gasteiger partial charge in [-0.05, 0) is 41.2 Å². The van der Waals surface area contributed by atoms with E-state index in [1.54, 1.807) is 13.8 Å². The molecule has 3 aromatic carbocycles. The monoisotopic (exact) mass is 516 g/mol. The molecule has 0 saturated heterocycles. The van der Waals surface area contributed by atoms with Gasteiger partial charge in [0.25, 0.3) is 0 Å². The van der Waals surface area contributed by atoms with Gasteiger partial charge in [-0.25, -0.2) is 9.59 Å². The number of rotatable bonds is 11. The van der Waals surface area contributed by atoms with Crippen LogP contribution < -0.4 is 10.6 Å². The molecular formula is C30H32N2O6. The van der Waals surface area contributed by atoms with E-state index in [1.165, 1.54) is 0 Å². The van der Waals surface area contributed by atoms with E-state index in [2.05, 4.69) is 10.6 Å². The van der Waals surface area contributed by atoms with Gasteiger partial charge in [0.1, 0.15) is 18.7 Å². The minimum atomic E-state index is -1.16. The first-order chi connectivity index (χ1) is 18.4. The largest absolute Gasteiger partial charge is 0.480 e. The number of aliphatic carboxylic acids is 1. The van der Waals surface area contributed by atoms with Crippen LogP contribution in [0.2, 0.25) is 0 Å². The summed E-state index contributed by atoms with van der Waals surface area (Å²) in [5.74, 6) is -1.95. The molecule has 0 aromatic heterocycles. The molecule has 1 aliphatic carbocycles. The van der Waals surface area contributed by atoms with E-state index in [0.29, 0.717) is 0 Å². The first kappa shape index (κ1) is 26.9. The highest BCUT2D eigenvalue weighted by atomic mass is 16.5. The van der Waals surface area contributed by atoms with Crippen molar-refractivity contribution >= 4 is 18.0 Å². The Morgan fingerprint density at radius 1 is 0.868 bits per heavy atom. The Morgan fingerprint density at radius 2 is 1.45 bits per heavy atom. The standard InChI is InChI=1S/C30H32N2O6/c1-3-26(29(34)35)31-28(33)27(19(2)37-17-20-11-5-4-6-12-20)32-30(36)38-18-25-23-15-9-7-13-21(23)22-14-8-10-16-24(22)25/h4-16,19,25-27H,3,17-18H2,1-2H3,(H,31,33)(H,32,36)(H,34,35)/t19?,26-,27?/m1/s1. The van der Waals surface area contributed by atoms with Crippen molar-refractivity contribution in [3.05, 3.63) is 95.6 Å². The topological polar surface area (TPSA) is 114 Å². The molecule has 38 heavy (non-hydrogen) atoms. The van der Waals surface area contributed by atoms with Crippen molar-refractivity contribution in [2.45, 2.75) is 51.0 Å². The number of fused-ring (bicyclic) bond motifs is 3. The van der Waals surface area contributed by atoms with E-state index in [0.717, 1.165) is 27.8 Å². The first-order valence-corrected chi connectivity index (χ1v) is 12.7. The van der Waals surface area contributed by atoms with Crippen LogP contribution in [0.15, 0.2) is 78.9 Å². The van der Waals surface area contributed by atoms with Gasteiger partial charge in [-0.15, -0.1) is 0 Å². The Morgan fingerprint density at radius 3 is 2.03 bits per heavy atom. The maximum atomic E-state index is 13.1. The Kier molecular flexibility index (Phi) is 8.76. The maximum absolute atomic E-state index is 13.1. The lowest BCUT2D eigenvalue weighted by atomic mass is 9.98. The average molecular weight is 517 g/mol. The second kappa shape index (κ2) is 12.4. The molecule has 0 bridgehead atoms. The number of hydrogen-bond acceptors (Lipinski definition) is 5. The van der Waals surface area contributed by atoms with Gasteiger partial charge in [0.15, 0.2) is 0 Å². The van der Waals surface area contributed by atoms with Crippen molar-refractivity contribution in [2.24, 2.45) is 0 Å². The fraction of sp³-hybridized carbons (Fsp3) is 0.300. The number of hydrogen-bond donors (Lipinski definition) is 3. The van der Waals surface area contributed by atoms with Gasteiger partial charge < -0.3 is 25.2 Å². The van der Waals surface area contributed by atoms with Gasteiger partial charge in [-0.2, -0.15) is 0 Å². The van der Waals surface area contributed by atoms with Crippen LogP contribution in [0.25, 0.3) is 11.1 Å². The number of alkyl carbamates (subject to hydrolysis) is 1. The molecule has 8 heteroatoms. The maximum Gasteiger partial charge on any atom is 0.407 e. The van der Waals surface area contributed by atoms with Gasteiger partial charge in [0.2, 0.25) is 5.91 Å². The van der Waals surface area contributed by atoms with Crippen LogP contribution in [0.1, 0.15) is 42.9 Å². The van der Waals surface area contributed by atoms with Gasteiger partial charge in [0, 0.05) is 5.92 Å². The second-order valence-corrected chi connectivity index (χ2v) is 9.26. The number of ether oxygens (including phenoxy) is 2. The van der Waals surface area contributed by atoms with Crippen LogP contribution in [0.5, 0.6) is 0 Å². The van der Waals surface area contributed by atoms with Crippen LogP contribution in [0.3, 0.4) is 0 Å². The predicted octanol–water partition coefficient (Wildman–Crippen LogP) is 4.48. The van der Waals surface area contributed by atoms with Crippen molar-refractivity contribution < 1.29 is 29.0 Å². The van der Waals surface area contributed by atoms with Crippen molar-refractivity contribution in [1.82, 2.24) is 10.6 Å². The summed E-state index contributed by atoms with van der Waals surface area (Å²) in [5, 5.41) is 14.5. The molecule has 2 amide bonds. The number of carbonyl (C=O) groups is 3. The normalized spacial score (nSPS) is 14.5. The fourth-order valence-corrected chi connectivity index (χ4v) is 4.66. The zero-order valence-corrected chi connectivity index (χ0v) is 21.4. The summed E-state index contributed by atoms with van der Waals surface area (Å²) < 4.78 is 11.5. The van der Waals surface area contributed by atoms with Crippen LogP contribution in [-0.4, -0.2) is 47.9 Å². The Hall–Kier alpha value is -4.17. The number of amides is 2. The predicted molar refractivity (Wildman–Crippen MR) is 143 cm³/mol. The molecule has 198 valence electrons. The summed E-state index contributed by atoms with van der Waals surface area (Å²) in [5.41, 5.74) is 5.26. The molecule has 0 heterocycles. The number of benzene rings is 3. The van der Waals surface area contributed by atoms with Gasteiger partial charge in [-0.1, -0.05) is 85.8 Å². The van der Waals surface area contributed by atoms with Crippen LogP contribution >= 0.6 is 0 Å². The molecule has 0 saturated carbocycles. The minimum Gasteiger partial charge on any atom is -0.480 e. The SMILES string of the molecule is CC[C@@H](NC(=O)C(NC(=O)OCC1c2ccccc2-c2ccccc21)C(C)OCc1ccccc1)C(=O)O. The third-order valence-electron chi connectivity index (χ3n) is 6.75. The van der Waals surface area contributed by atoms with E-state index in [4.69, 9.17) is 9.47 Å².